The molecule has 12 heavy (non-hydrogen) atoms. The maximum atomic E-state index is 5.32. The van der Waals surface area contributed by atoms with Crippen LogP contribution in [0.3, 0.4) is 0 Å². The molecule has 0 saturated carbocycles. The number of anilines is 1. The van der Waals surface area contributed by atoms with Gasteiger partial charge in [-0.3, -0.25) is 0 Å². The Labute approximate surface area is 73.2 Å². The maximum absolute atomic E-state index is 5.32. The molecule has 1 aromatic rings. The fourth-order valence-corrected chi connectivity index (χ4v) is 0.980. The van der Waals surface area contributed by atoms with E-state index in [-0.39, 0.29) is 0 Å². The Kier molecular flexibility index (Phi) is 3.67. The highest BCUT2D eigenvalue weighted by atomic mass is 16.4. The van der Waals surface area contributed by atoms with Crippen LogP contribution in [0.2, 0.25) is 0 Å². The molecule has 0 fully saturated rings. The van der Waals surface area contributed by atoms with Crippen LogP contribution in [0, 0.1) is 6.92 Å². The standard InChI is InChI=1S/C9H16N2O/c1-3-10-6-7-11-9-5-4-8(2)12-9/h4-5,10-11H,3,6-7H2,1-2H3. The quantitative estimate of drug-likeness (QED) is 0.656. The molecule has 3 nitrogen and oxygen atoms in total. The summed E-state index contributed by atoms with van der Waals surface area (Å²) in [5.41, 5.74) is 0. The Morgan fingerprint density at radius 2 is 2.17 bits per heavy atom. The lowest BCUT2D eigenvalue weighted by Gasteiger charge is -2.02. The van der Waals surface area contributed by atoms with Gasteiger partial charge in [-0.05, 0) is 19.5 Å². The van der Waals surface area contributed by atoms with Gasteiger partial charge in [0, 0.05) is 19.2 Å². The fraction of sp³-hybridized carbons (Fsp3) is 0.556. The minimum Gasteiger partial charge on any atom is -0.446 e. The van der Waals surface area contributed by atoms with Crippen molar-refractivity contribution in [1.82, 2.24) is 5.32 Å². The molecule has 3 heteroatoms. The second-order valence-electron chi connectivity index (χ2n) is 2.69. The van der Waals surface area contributed by atoms with E-state index in [0.29, 0.717) is 0 Å². The SMILES string of the molecule is CCNCCNc1ccc(C)o1. The van der Waals surface area contributed by atoms with E-state index < -0.39 is 0 Å². The van der Waals surface area contributed by atoms with Crippen LogP contribution in [-0.4, -0.2) is 19.6 Å². The Bertz CT molecular complexity index is 220. The third-order valence-corrected chi connectivity index (χ3v) is 1.59. The number of rotatable bonds is 5. The van der Waals surface area contributed by atoms with Crippen molar-refractivity contribution in [2.45, 2.75) is 13.8 Å². The summed E-state index contributed by atoms with van der Waals surface area (Å²) in [6.07, 6.45) is 0. The van der Waals surface area contributed by atoms with Crippen LogP contribution >= 0.6 is 0 Å². The van der Waals surface area contributed by atoms with Crippen LogP contribution in [0.5, 0.6) is 0 Å². The summed E-state index contributed by atoms with van der Waals surface area (Å²) in [7, 11) is 0. The van der Waals surface area contributed by atoms with Crippen LogP contribution in [0.4, 0.5) is 5.88 Å². The Morgan fingerprint density at radius 1 is 1.33 bits per heavy atom. The molecule has 0 bridgehead atoms. The molecule has 0 radical (unpaired) electrons. The van der Waals surface area contributed by atoms with Gasteiger partial charge in [-0.25, -0.2) is 0 Å². The second-order valence-corrected chi connectivity index (χ2v) is 2.69. The molecule has 1 aromatic heterocycles. The van der Waals surface area contributed by atoms with Crippen molar-refractivity contribution in [2.24, 2.45) is 0 Å². The topological polar surface area (TPSA) is 37.2 Å². The van der Waals surface area contributed by atoms with E-state index in [1.54, 1.807) is 0 Å². The van der Waals surface area contributed by atoms with Crippen molar-refractivity contribution in [1.29, 1.82) is 0 Å². The molecular formula is C9H16N2O. The molecule has 0 aliphatic carbocycles. The van der Waals surface area contributed by atoms with E-state index in [2.05, 4.69) is 17.6 Å². The van der Waals surface area contributed by atoms with E-state index in [9.17, 15) is 0 Å². The molecule has 1 heterocycles. The van der Waals surface area contributed by atoms with Crippen LogP contribution in [0.15, 0.2) is 16.5 Å². The molecule has 0 aliphatic heterocycles. The van der Waals surface area contributed by atoms with Crippen LogP contribution in [0.1, 0.15) is 12.7 Å². The average Bonchev–Trinajstić information content (AvgIpc) is 2.45. The van der Waals surface area contributed by atoms with Gasteiger partial charge in [-0.2, -0.15) is 0 Å². The van der Waals surface area contributed by atoms with Gasteiger partial charge in [0.2, 0.25) is 0 Å². The van der Waals surface area contributed by atoms with Gasteiger partial charge < -0.3 is 15.1 Å². The molecule has 0 unspecified atom stereocenters. The summed E-state index contributed by atoms with van der Waals surface area (Å²) in [4.78, 5) is 0. The Balaban J connectivity index is 2.15. The number of furan rings is 1. The lowest BCUT2D eigenvalue weighted by atomic mass is 10.5. The van der Waals surface area contributed by atoms with Crippen molar-refractivity contribution in [3.05, 3.63) is 17.9 Å². The lowest BCUT2D eigenvalue weighted by molar-refractivity contribution is 0.544. The summed E-state index contributed by atoms with van der Waals surface area (Å²) in [5.74, 6) is 1.80. The van der Waals surface area contributed by atoms with Crippen molar-refractivity contribution < 1.29 is 4.42 Å². The van der Waals surface area contributed by atoms with Gasteiger partial charge in [-0.15, -0.1) is 0 Å². The largest absolute Gasteiger partial charge is 0.446 e. The number of likely N-dealkylation sites (N-methyl/N-ethyl adjacent to an activating group) is 1. The van der Waals surface area contributed by atoms with Crippen molar-refractivity contribution in [2.75, 3.05) is 25.0 Å². The predicted octanol–water partition coefficient (Wildman–Crippen LogP) is 1.61. The molecule has 0 atom stereocenters. The molecule has 0 saturated heterocycles. The zero-order chi connectivity index (χ0) is 8.81. The summed E-state index contributed by atoms with van der Waals surface area (Å²) in [6, 6.07) is 3.90. The van der Waals surface area contributed by atoms with E-state index in [4.69, 9.17) is 4.42 Å². The van der Waals surface area contributed by atoms with Gasteiger partial charge in [0.25, 0.3) is 0 Å². The molecule has 2 N–H and O–H groups in total. The number of hydrogen-bond acceptors (Lipinski definition) is 3. The number of hydrogen-bond donors (Lipinski definition) is 2. The van der Waals surface area contributed by atoms with E-state index >= 15 is 0 Å². The highest BCUT2D eigenvalue weighted by molar-refractivity contribution is 5.31. The van der Waals surface area contributed by atoms with Crippen LogP contribution in [0.25, 0.3) is 0 Å². The van der Waals surface area contributed by atoms with E-state index in [1.807, 2.05) is 19.1 Å². The predicted molar refractivity (Wildman–Crippen MR) is 50.5 cm³/mol. The summed E-state index contributed by atoms with van der Waals surface area (Å²) >= 11 is 0. The van der Waals surface area contributed by atoms with Gasteiger partial charge in [0.1, 0.15) is 5.76 Å². The van der Waals surface area contributed by atoms with Crippen molar-refractivity contribution >= 4 is 5.88 Å². The average molecular weight is 168 g/mol. The molecule has 0 aromatic carbocycles. The smallest absolute Gasteiger partial charge is 0.193 e. The van der Waals surface area contributed by atoms with E-state index in [1.165, 1.54) is 0 Å². The highest BCUT2D eigenvalue weighted by Gasteiger charge is 1.94. The first kappa shape index (κ1) is 9.13. The first-order valence-electron chi connectivity index (χ1n) is 4.34. The van der Waals surface area contributed by atoms with Gasteiger partial charge >= 0.3 is 0 Å². The number of aryl methyl sites for hydroxylation is 1. The van der Waals surface area contributed by atoms with Gasteiger partial charge in [0.15, 0.2) is 5.88 Å². The first-order valence-corrected chi connectivity index (χ1v) is 4.34. The minimum absolute atomic E-state index is 0.852. The minimum atomic E-state index is 0.852. The lowest BCUT2D eigenvalue weighted by Crippen LogP contribution is -2.21. The molecule has 68 valence electrons. The van der Waals surface area contributed by atoms with E-state index in [0.717, 1.165) is 31.3 Å². The maximum Gasteiger partial charge on any atom is 0.193 e. The van der Waals surface area contributed by atoms with Crippen molar-refractivity contribution in [3.63, 3.8) is 0 Å². The zero-order valence-electron chi connectivity index (χ0n) is 7.68. The third kappa shape index (κ3) is 2.96. The Hall–Kier alpha value is -0.960. The molecule has 1 rings (SSSR count). The first-order chi connectivity index (χ1) is 5.83. The summed E-state index contributed by atoms with van der Waals surface area (Å²) < 4.78 is 5.32. The van der Waals surface area contributed by atoms with Gasteiger partial charge in [0.05, 0.1) is 0 Å². The van der Waals surface area contributed by atoms with Crippen LogP contribution in [-0.2, 0) is 0 Å². The van der Waals surface area contributed by atoms with Crippen LogP contribution < -0.4 is 10.6 Å². The molecule has 0 aliphatic rings. The highest BCUT2D eigenvalue weighted by Crippen LogP contribution is 2.10. The Morgan fingerprint density at radius 3 is 2.75 bits per heavy atom. The fourth-order valence-electron chi connectivity index (χ4n) is 0.980. The third-order valence-electron chi connectivity index (χ3n) is 1.59. The molecular weight excluding hydrogens is 152 g/mol. The molecule has 0 spiro atoms. The monoisotopic (exact) mass is 168 g/mol. The zero-order valence-corrected chi connectivity index (χ0v) is 7.68. The normalized spacial score (nSPS) is 10.2. The molecule has 0 amide bonds. The van der Waals surface area contributed by atoms with Gasteiger partial charge in [-0.1, -0.05) is 6.92 Å². The number of nitrogens with one attached hydrogen (secondary N) is 2. The summed E-state index contributed by atoms with van der Waals surface area (Å²) in [6.45, 7) is 6.92. The summed E-state index contributed by atoms with van der Waals surface area (Å²) in [5, 5.41) is 6.39. The van der Waals surface area contributed by atoms with Crippen molar-refractivity contribution in [3.8, 4) is 0 Å². The second kappa shape index (κ2) is 4.83.